The van der Waals surface area contributed by atoms with Crippen molar-refractivity contribution >= 4 is 17.5 Å². The van der Waals surface area contributed by atoms with Gasteiger partial charge in [0.2, 0.25) is 11.8 Å². The van der Waals surface area contributed by atoms with Gasteiger partial charge in [0.1, 0.15) is 0 Å². The van der Waals surface area contributed by atoms with Crippen LogP contribution in [-0.4, -0.2) is 34.2 Å². The van der Waals surface area contributed by atoms with Gasteiger partial charge in [-0.3, -0.25) is 14.3 Å². The number of aryl methyl sites for hydroxylation is 1. The third-order valence-electron chi connectivity index (χ3n) is 3.50. The molecule has 2 rings (SSSR count). The second kappa shape index (κ2) is 5.42. The molecule has 1 aliphatic heterocycles. The van der Waals surface area contributed by atoms with Crippen molar-refractivity contribution < 1.29 is 9.59 Å². The van der Waals surface area contributed by atoms with Crippen LogP contribution in [-0.2, 0) is 16.6 Å². The Morgan fingerprint density at radius 3 is 2.95 bits per heavy atom. The van der Waals surface area contributed by atoms with Gasteiger partial charge in [-0.05, 0) is 13.3 Å². The van der Waals surface area contributed by atoms with Gasteiger partial charge in [0, 0.05) is 32.3 Å². The maximum atomic E-state index is 12.0. The first-order valence-electron chi connectivity index (χ1n) is 6.60. The van der Waals surface area contributed by atoms with Crippen LogP contribution in [0.2, 0.25) is 0 Å². The van der Waals surface area contributed by atoms with E-state index in [-0.39, 0.29) is 30.2 Å². The number of carbonyl (C=O) groups excluding carboxylic acids is 2. The van der Waals surface area contributed by atoms with Crippen LogP contribution >= 0.6 is 0 Å². The smallest absolute Gasteiger partial charge is 0.227 e. The highest BCUT2D eigenvalue weighted by atomic mass is 16.2. The molecule has 2 atom stereocenters. The number of nitrogens with one attached hydrogen (secondary N) is 1. The lowest BCUT2D eigenvalue weighted by atomic mass is 10.1. The van der Waals surface area contributed by atoms with Gasteiger partial charge in [-0.2, -0.15) is 5.10 Å². The molecule has 19 heavy (non-hydrogen) atoms. The van der Waals surface area contributed by atoms with Gasteiger partial charge in [0.15, 0.2) is 0 Å². The third-order valence-corrected chi connectivity index (χ3v) is 3.50. The molecule has 1 aromatic rings. The Kier molecular flexibility index (Phi) is 3.87. The van der Waals surface area contributed by atoms with Crippen LogP contribution in [0.15, 0.2) is 12.4 Å². The Hall–Kier alpha value is -1.85. The second-order valence-electron chi connectivity index (χ2n) is 5.10. The van der Waals surface area contributed by atoms with Crippen LogP contribution in [0.5, 0.6) is 0 Å². The maximum absolute atomic E-state index is 12.0. The van der Waals surface area contributed by atoms with Gasteiger partial charge in [-0.25, -0.2) is 0 Å². The quantitative estimate of drug-likeness (QED) is 0.870. The summed E-state index contributed by atoms with van der Waals surface area (Å²) in [5.41, 5.74) is 0.756. The van der Waals surface area contributed by atoms with Crippen molar-refractivity contribution in [2.75, 3.05) is 11.4 Å². The minimum Gasteiger partial charge on any atom is -0.353 e. The van der Waals surface area contributed by atoms with Gasteiger partial charge in [0.05, 0.1) is 17.8 Å². The number of anilines is 1. The number of aromatic nitrogens is 2. The van der Waals surface area contributed by atoms with Crippen LogP contribution < -0.4 is 10.2 Å². The van der Waals surface area contributed by atoms with Crippen LogP contribution in [0.1, 0.15) is 26.7 Å². The van der Waals surface area contributed by atoms with Crippen molar-refractivity contribution in [3.63, 3.8) is 0 Å². The normalized spacial score (nSPS) is 20.7. The molecule has 1 saturated heterocycles. The fourth-order valence-electron chi connectivity index (χ4n) is 2.14. The van der Waals surface area contributed by atoms with E-state index >= 15 is 0 Å². The molecule has 1 N–H and O–H groups in total. The SMILES string of the molecule is CC[C@@H](C)NC(=O)[C@H]1CC(=O)N(c2cnn(C)c2)C1. The Bertz CT molecular complexity index is 483. The molecule has 0 unspecified atom stereocenters. The number of hydrogen-bond donors (Lipinski definition) is 1. The number of nitrogens with zero attached hydrogens (tertiary/aromatic N) is 3. The molecule has 0 spiro atoms. The van der Waals surface area contributed by atoms with E-state index in [1.54, 1.807) is 29.0 Å². The maximum Gasteiger partial charge on any atom is 0.227 e. The standard InChI is InChI=1S/C13H20N4O2/c1-4-9(2)15-13(19)10-5-12(18)17(7-10)11-6-14-16(3)8-11/h6,8-10H,4-5,7H2,1-3H3,(H,15,19)/t9-,10+/m1/s1. The van der Waals surface area contributed by atoms with Crippen molar-refractivity contribution in [3.8, 4) is 0 Å². The molecule has 0 bridgehead atoms. The van der Waals surface area contributed by atoms with E-state index in [9.17, 15) is 9.59 Å². The average molecular weight is 264 g/mol. The molecule has 1 aliphatic rings. The van der Waals surface area contributed by atoms with Crippen molar-refractivity contribution in [1.82, 2.24) is 15.1 Å². The topological polar surface area (TPSA) is 67.2 Å². The molecule has 104 valence electrons. The summed E-state index contributed by atoms with van der Waals surface area (Å²) in [6.45, 7) is 4.42. The lowest BCUT2D eigenvalue weighted by Crippen LogP contribution is -2.38. The predicted octanol–water partition coefficient (Wildman–Crippen LogP) is 0.688. The third kappa shape index (κ3) is 2.94. The first-order chi connectivity index (χ1) is 9.01. The minimum absolute atomic E-state index is 0.0164. The highest BCUT2D eigenvalue weighted by molar-refractivity contribution is 6.00. The fraction of sp³-hybridized carbons (Fsp3) is 0.615. The molecule has 0 aliphatic carbocycles. The average Bonchev–Trinajstić information content (AvgIpc) is 2.95. The van der Waals surface area contributed by atoms with Crippen LogP contribution in [0.3, 0.4) is 0 Å². The summed E-state index contributed by atoms with van der Waals surface area (Å²) < 4.78 is 1.65. The zero-order valence-electron chi connectivity index (χ0n) is 11.6. The number of amides is 2. The fourth-order valence-corrected chi connectivity index (χ4v) is 2.14. The summed E-state index contributed by atoms with van der Waals surface area (Å²) in [5, 5.41) is 6.98. The van der Waals surface area contributed by atoms with Gasteiger partial charge in [0.25, 0.3) is 0 Å². The van der Waals surface area contributed by atoms with E-state index in [1.165, 1.54) is 0 Å². The Labute approximate surface area is 112 Å². The zero-order valence-corrected chi connectivity index (χ0v) is 11.6. The van der Waals surface area contributed by atoms with E-state index in [1.807, 2.05) is 13.8 Å². The van der Waals surface area contributed by atoms with Gasteiger partial charge < -0.3 is 10.2 Å². The Morgan fingerprint density at radius 2 is 2.37 bits per heavy atom. The Balaban J connectivity index is 2.01. The lowest BCUT2D eigenvalue weighted by Gasteiger charge is -2.16. The molecule has 0 saturated carbocycles. The molecule has 2 amide bonds. The van der Waals surface area contributed by atoms with E-state index in [4.69, 9.17) is 0 Å². The molecular formula is C13H20N4O2. The highest BCUT2D eigenvalue weighted by Gasteiger charge is 2.35. The molecular weight excluding hydrogens is 244 g/mol. The zero-order chi connectivity index (χ0) is 14.0. The molecule has 0 radical (unpaired) electrons. The summed E-state index contributed by atoms with van der Waals surface area (Å²) in [4.78, 5) is 25.6. The summed E-state index contributed by atoms with van der Waals surface area (Å²) in [6, 6.07) is 0.148. The molecule has 6 nitrogen and oxygen atoms in total. The number of carbonyl (C=O) groups is 2. The van der Waals surface area contributed by atoms with E-state index in [0.29, 0.717) is 6.54 Å². The van der Waals surface area contributed by atoms with Crippen molar-refractivity contribution in [2.24, 2.45) is 13.0 Å². The molecule has 1 aromatic heterocycles. The van der Waals surface area contributed by atoms with Crippen LogP contribution in [0.25, 0.3) is 0 Å². The first-order valence-corrected chi connectivity index (χ1v) is 6.60. The minimum atomic E-state index is -0.262. The van der Waals surface area contributed by atoms with Crippen molar-refractivity contribution in [1.29, 1.82) is 0 Å². The molecule has 1 fully saturated rings. The van der Waals surface area contributed by atoms with Gasteiger partial charge >= 0.3 is 0 Å². The Morgan fingerprint density at radius 1 is 1.63 bits per heavy atom. The van der Waals surface area contributed by atoms with E-state index in [0.717, 1.165) is 12.1 Å². The summed E-state index contributed by atoms with van der Waals surface area (Å²) in [7, 11) is 1.80. The molecule has 0 aromatic carbocycles. The van der Waals surface area contributed by atoms with Crippen LogP contribution in [0.4, 0.5) is 5.69 Å². The molecule has 6 heteroatoms. The lowest BCUT2D eigenvalue weighted by molar-refractivity contribution is -0.126. The summed E-state index contributed by atoms with van der Waals surface area (Å²) in [6.07, 6.45) is 4.59. The van der Waals surface area contributed by atoms with Crippen molar-refractivity contribution in [3.05, 3.63) is 12.4 Å². The second-order valence-corrected chi connectivity index (χ2v) is 5.10. The van der Waals surface area contributed by atoms with E-state index in [2.05, 4.69) is 10.4 Å². The monoisotopic (exact) mass is 264 g/mol. The highest BCUT2D eigenvalue weighted by Crippen LogP contribution is 2.24. The summed E-state index contributed by atoms with van der Waals surface area (Å²) in [5.74, 6) is -0.312. The number of hydrogen-bond acceptors (Lipinski definition) is 3. The van der Waals surface area contributed by atoms with E-state index < -0.39 is 0 Å². The van der Waals surface area contributed by atoms with Gasteiger partial charge in [-0.15, -0.1) is 0 Å². The summed E-state index contributed by atoms with van der Waals surface area (Å²) >= 11 is 0. The predicted molar refractivity (Wildman–Crippen MR) is 71.6 cm³/mol. The largest absolute Gasteiger partial charge is 0.353 e. The molecule has 2 heterocycles. The first kappa shape index (κ1) is 13.6. The van der Waals surface area contributed by atoms with Crippen molar-refractivity contribution in [2.45, 2.75) is 32.7 Å². The number of rotatable bonds is 4. The van der Waals surface area contributed by atoms with Gasteiger partial charge in [-0.1, -0.05) is 6.92 Å². The van der Waals surface area contributed by atoms with Crippen LogP contribution in [0, 0.1) is 5.92 Å².